The number of ether oxygens (including phenoxy) is 4. The Balaban J connectivity index is 1.59. The van der Waals surface area contributed by atoms with Gasteiger partial charge < -0.3 is 18.9 Å². The molecule has 204 valence electrons. The molecule has 0 bridgehead atoms. The van der Waals surface area contributed by atoms with E-state index in [0.717, 1.165) is 11.3 Å². The molecule has 1 aliphatic rings. The van der Waals surface area contributed by atoms with Crippen LogP contribution in [0.3, 0.4) is 0 Å². The molecule has 1 aromatic heterocycles. The number of benzene rings is 3. The molecule has 0 radical (unpaired) electrons. The second-order valence-corrected chi connectivity index (χ2v) is 9.74. The number of carbonyl (C=O) groups excluding carboxylic acids is 1. The fraction of sp³-hybridized carbons (Fsp3) is 0.194. The van der Waals surface area contributed by atoms with Crippen LogP contribution in [-0.2, 0) is 9.53 Å². The van der Waals surface area contributed by atoms with Crippen molar-refractivity contribution in [3.8, 4) is 23.0 Å². The molecule has 4 aromatic rings. The van der Waals surface area contributed by atoms with E-state index in [2.05, 4.69) is 4.99 Å². The van der Waals surface area contributed by atoms with Crippen molar-refractivity contribution in [1.29, 1.82) is 0 Å². The van der Waals surface area contributed by atoms with Gasteiger partial charge in [-0.15, -0.1) is 0 Å². The highest BCUT2D eigenvalue weighted by Gasteiger charge is 2.31. The van der Waals surface area contributed by atoms with Gasteiger partial charge in [-0.2, -0.15) is 0 Å². The summed E-state index contributed by atoms with van der Waals surface area (Å²) in [6, 6.07) is 21.6. The van der Waals surface area contributed by atoms with Crippen molar-refractivity contribution < 1.29 is 23.7 Å². The highest BCUT2D eigenvalue weighted by Crippen LogP contribution is 2.35. The Hall–Kier alpha value is -4.63. The minimum atomic E-state index is -0.756. The van der Waals surface area contributed by atoms with Crippen LogP contribution in [0.25, 0.3) is 6.08 Å². The number of aromatic nitrogens is 1. The molecule has 0 saturated carbocycles. The summed E-state index contributed by atoms with van der Waals surface area (Å²) >= 11 is 1.25. The van der Waals surface area contributed by atoms with E-state index in [4.69, 9.17) is 18.9 Å². The number of hydrogen-bond acceptors (Lipinski definition) is 8. The molecule has 0 fully saturated rings. The average molecular weight is 557 g/mol. The molecule has 0 unspecified atom stereocenters. The summed E-state index contributed by atoms with van der Waals surface area (Å²) < 4.78 is 24.5. The Morgan fingerprint density at radius 3 is 2.45 bits per heavy atom. The normalized spacial score (nSPS) is 14.5. The molecule has 1 aliphatic heterocycles. The monoisotopic (exact) mass is 556 g/mol. The number of para-hydroxylation sites is 1. The Labute approximate surface area is 235 Å². The van der Waals surface area contributed by atoms with Crippen molar-refractivity contribution in [3.05, 3.63) is 115 Å². The lowest BCUT2D eigenvalue weighted by Crippen LogP contribution is -2.39. The van der Waals surface area contributed by atoms with Crippen LogP contribution < -0.4 is 29.1 Å². The van der Waals surface area contributed by atoms with E-state index in [-0.39, 0.29) is 11.1 Å². The summed E-state index contributed by atoms with van der Waals surface area (Å²) in [4.78, 5) is 31.5. The maximum absolute atomic E-state index is 13.8. The maximum atomic E-state index is 13.8. The number of methoxy groups -OCH3 is 1. The first-order valence-electron chi connectivity index (χ1n) is 12.8. The zero-order chi connectivity index (χ0) is 28.1. The van der Waals surface area contributed by atoms with Gasteiger partial charge in [0.15, 0.2) is 16.3 Å². The number of rotatable bonds is 9. The number of esters is 1. The first kappa shape index (κ1) is 27.0. The topological polar surface area (TPSA) is 88.4 Å². The maximum Gasteiger partial charge on any atom is 0.337 e. The van der Waals surface area contributed by atoms with Crippen molar-refractivity contribution in [2.75, 3.05) is 20.3 Å². The van der Waals surface area contributed by atoms with Crippen LogP contribution in [0.15, 0.2) is 94.4 Å². The minimum absolute atomic E-state index is 0.242. The van der Waals surface area contributed by atoms with E-state index in [1.807, 2.05) is 74.5 Å². The molecule has 0 spiro atoms. The predicted octanol–water partition coefficient (Wildman–Crippen LogP) is 4.61. The fourth-order valence-corrected chi connectivity index (χ4v) is 5.40. The van der Waals surface area contributed by atoms with Gasteiger partial charge in [-0.1, -0.05) is 47.7 Å². The average Bonchev–Trinajstić information content (AvgIpc) is 3.28. The Kier molecular flexibility index (Phi) is 8.12. The van der Waals surface area contributed by atoms with Gasteiger partial charge in [0, 0.05) is 6.20 Å². The lowest BCUT2D eigenvalue weighted by atomic mass is 9.97. The molecule has 1 atom stereocenters. The number of nitrogens with zero attached hydrogens (tertiary/aromatic N) is 2. The van der Waals surface area contributed by atoms with Gasteiger partial charge in [-0.3, -0.25) is 9.36 Å². The van der Waals surface area contributed by atoms with Crippen LogP contribution >= 0.6 is 11.3 Å². The van der Waals surface area contributed by atoms with Crippen molar-refractivity contribution in [2.24, 2.45) is 4.99 Å². The highest BCUT2D eigenvalue weighted by molar-refractivity contribution is 7.07. The van der Waals surface area contributed by atoms with E-state index in [0.29, 0.717) is 45.4 Å². The smallest absolute Gasteiger partial charge is 0.337 e. The molecule has 0 amide bonds. The second-order valence-electron chi connectivity index (χ2n) is 8.74. The van der Waals surface area contributed by atoms with Crippen LogP contribution in [0, 0.1) is 0 Å². The largest absolute Gasteiger partial charge is 0.490 e. The molecule has 9 heteroatoms. The molecule has 0 aliphatic carbocycles. The van der Waals surface area contributed by atoms with E-state index in [1.165, 1.54) is 29.2 Å². The fourth-order valence-electron chi connectivity index (χ4n) is 4.43. The van der Waals surface area contributed by atoms with Crippen LogP contribution in [0.5, 0.6) is 23.0 Å². The zero-order valence-electron chi connectivity index (χ0n) is 22.3. The SMILES string of the molecule is CCOc1ccc([C@@H]2C(C(=O)OC)=CN=c3s/c(=C\c4cccc(Oc5ccccc5)c4)c(=O)n32)cc1OCC. The molecule has 2 heterocycles. The van der Waals surface area contributed by atoms with E-state index >= 15 is 0 Å². The van der Waals surface area contributed by atoms with E-state index < -0.39 is 12.0 Å². The lowest BCUT2D eigenvalue weighted by Gasteiger charge is -2.23. The van der Waals surface area contributed by atoms with Gasteiger partial charge in [0.25, 0.3) is 5.56 Å². The summed E-state index contributed by atoms with van der Waals surface area (Å²) in [5, 5.41) is 0. The molecule has 8 nitrogen and oxygen atoms in total. The summed E-state index contributed by atoms with van der Waals surface area (Å²) in [7, 11) is 1.31. The Morgan fingerprint density at radius 2 is 1.70 bits per heavy atom. The van der Waals surface area contributed by atoms with Crippen LogP contribution in [0.4, 0.5) is 0 Å². The van der Waals surface area contributed by atoms with Gasteiger partial charge in [-0.25, -0.2) is 9.79 Å². The third-order valence-electron chi connectivity index (χ3n) is 6.14. The number of thiazole rings is 1. The van der Waals surface area contributed by atoms with E-state index in [9.17, 15) is 9.59 Å². The second kappa shape index (κ2) is 12.0. The molecule has 5 rings (SSSR count). The molecule has 3 aromatic carbocycles. The van der Waals surface area contributed by atoms with Crippen LogP contribution in [-0.4, -0.2) is 30.9 Å². The van der Waals surface area contributed by atoms with Crippen molar-refractivity contribution in [1.82, 2.24) is 4.57 Å². The molecular weight excluding hydrogens is 528 g/mol. The van der Waals surface area contributed by atoms with Gasteiger partial charge in [0.1, 0.15) is 11.5 Å². The quantitative estimate of drug-likeness (QED) is 0.280. The van der Waals surface area contributed by atoms with Gasteiger partial charge in [0.2, 0.25) is 0 Å². The van der Waals surface area contributed by atoms with Gasteiger partial charge in [0.05, 0.1) is 36.5 Å². The summed E-state index contributed by atoms with van der Waals surface area (Å²) in [6.45, 7) is 4.67. The van der Waals surface area contributed by atoms with Crippen molar-refractivity contribution in [2.45, 2.75) is 19.9 Å². The standard InChI is InChI=1S/C31H28N2O6S/c1-4-37-25-15-14-21(18-26(25)38-5-2)28-24(30(35)36-3)19-32-31-33(28)29(34)27(40-31)17-20-10-9-13-23(16-20)39-22-11-7-6-8-12-22/h6-19,28H,4-5H2,1-3H3/b27-17-/t28-/m1/s1. The van der Waals surface area contributed by atoms with Gasteiger partial charge in [-0.05, 0) is 67.4 Å². The van der Waals surface area contributed by atoms with E-state index in [1.54, 1.807) is 18.2 Å². The molecule has 40 heavy (non-hydrogen) atoms. The molecule has 0 saturated heterocycles. The first-order valence-corrected chi connectivity index (χ1v) is 13.7. The minimum Gasteiger partial charge on any atom is -0.490 e. The summed E-state index contributed by atoms with van der Waals surface area (Å²) in [5.74, 6) is 1.91. The summed E-state index contributed by atoms with van der Waals surface area (Å²) in [6.07, 6.45) is 3.26. The van der Waals surface area contributed by atoms with Crippen molar-refractivity contribution >= 4 is 23.4 Å². The first-order chi connectivity index (χ1) is 19.5. The Bertz CT molecular complexity index is 1740. The van der Waals surface area contributed by atoms with Crippen LogP contribution in [0.2, 0.25) is 0 Å². The molecule has 0 N–H and O–H groups in total. The van der Waals surface area contributed by atoms with Crippen LogP contribution in [0.1, 0.15) is 31.0 Å². The number of hydrogen-bond donors (Lipinski definition) is 0. The lowest BCUT2D eigenvalue weighted by molar-refractivity contribution is -0.136. The predicted molar refractivity (Wildman–Crippen MR) is 153 cm³/mol. The third-order valence-corrected chi connectivity index (χ3v) is 7.14. The van der Waals surface area contributed by atoms with Gasteiger partial charge >= 0.3 is 5.97 Å². The number of carbonyl (C=O) groups is 1. The molecular formula is C31H28N2O6S. The third kappa shape index (κ3) is 5.55. The number of fused-ring (bicyclic) bond motifs is 1. The highest BCUT2D eigenvalue weighted by atomic mass is 32.1. The zero-order valence-corrected chi connectivity index (χ0v) is 23.1. The Morgan fingerprint density at radius 1 is 0.950 bits per heavy atom. The summed E-state index contributed by atoms with van der Waals surface area (Å²) in [5.41, 5.74) is 1.43. The van der Waals surface area contributed by atoms with Crippen molar-refractivity contribution in [3.63, 3.8) is 0 Å².